The van der Waals surface area contributed by atoms with Crippen LogP contribution >= 0.6 is 12.2 Å². The van der Waals surface area contributed by atoms with E-state index in [1.54, 1.807) is 0 Å². The van der Waals surface area contributed by atoms with Crippen LogP contribution in [0.1, 0.15) is 36.8 Å². The Morgan fingerprint density at radius 2 is 2.00 bits per heavy atom. The Balaban J connectivity index is 1.54. The lowest BCUT2D eigenvalue weighted by Gasteiger charge is -2.20. The number of benzene rings is 1. The molecule has 3 unspecified atom stereocenters. The molecule has 106 valence electrons. The first-order valence-electron chi connectivity index (χ1n) is 7.30. The van der Waals surface area contributed by atoms with Crippen molar-refractivity contribution >= 4 is 23.1 Å². The van der Waals surface area contributed by atoms with Crippen LogP contribution in [0.25, 0.3) is 0 Å². The van der Waals surface area contributed by atoms with E-state index in [1.807, 2.05) is 24.3 Å². The maximum atomic E-state index is 12.2. The highest BCUT2D eigenvalue weighted by molar-refractivity contribution is 7.80. The normalized spacial score (nSPS) is 27.5. The highest BCUT2D eigenvalue weighted by atomic mass is 32.1. The molecule has 3 atom stereocenters. The van der Waals surface area contributed by atoms with Crippen LogP contribution in [0.15, 0.2) is 24.3 Å². The zero-order valence-electron chi connectivity index (χ0n) is 11.5. The minimum absolute atomic E-state index is 0.232. The molecule has 3 N–H and O–H groups in total. The van der Waals surface area contributed by atoms with Gasteiger partial charge >= 0.3 is 0 Å². The largest absolute Gasteiger partial charge is 0.389 e. The van der Waals surface area contributed by atoms with Crippen molar-refractivity contribution in [1.29, 1.82) is 0 Å². The second-order valence-electron chi connectivity index (χ2n) is 6.06. The smallest absolute Gasteiger partial charge is 0.223 e. The minimum atomic E-state index is 0.232. The number of fused-ring (bicyclic) bond motifs is 2. The summed E-state index contributed by atoms with van der Waals surface area (Å²) in [5.41, 5.74) is 7.51. The van der Waals surface area contributed by atoms with Crippen molar-refractivity contribution in [3.8, 4) is 0 Å². The molecule has 0 saturated heterocycles. The SMILES string of the molecule is NC(=S)c1ccc(CNC(=O)C2CC3CCC2C3)cc1. The van der Waals surface area contributed by atoms with Gasteiger partial charge in [0.05, 0.1) is 0 Å². The van der Waals surface area contributed by atoms with E-state index < -0.39 is 0 Å². The van der Waals surface area contributed by atoms with Gasteiger partial charge in [0, 0.05) is 18.0 Å². The van der Waals surface area contributed by atoms with Gasteiger partial charge in [0.25, 0.3) is 0 Å². The predicted molar refractivity (Wildman–Crippen MR) is 83.1 cm³/mol. The van der Waals surface area contributed by atoms with E-state index in [0.29, 0.717) is 17.5 Å². The van der Waals surface area contributed by atoms with Gasteiger partial charge in [-0.25, -0.2) is 0 Å². The lowest BCUT2D eigenvalue weighted by atomic mass is 9.88. The van der Waals surface area contributed by atoms with Crippen molar-refractivity contribution in [2.45, 2.75) is 32.2 Å². The standard InChI is InChI=1S/C16H20N2OS/c17-15(20)12-4-1-10(2-5-12)9-18-16(19)14-8-11-3-6-13(14)7-11/h1-2,4-5,11,13-14H,3,6-9H2,(H2,17,20)(H,18,19). The average molecular weight is 288 g/mol. The lowest BCUT2D eigenvalue weighted by Crippen LogP contribution is -2.33. The van der Waals surface area contributed by atoms with Crippen LogP contribution < -0.4 is 11.1 Å². The Bertz CT molecular complexity index is 526. The summed E-state index contributed by atoms with van der Waals surface area (Å²) in [6.45, 7) is 0.588. The van der Waals surface area contributed by atoms with Crippen molar-refractivity contribution in [2.24, 2.45) is 23.5 Å². The maximum Gasteiger partial charge on any atom is 0.223 e. The van der Waals surface area contributed by atoms with E-state index in [9.17, 15) is 4.79 Å². The average Bonchev–Trinajstić information content (AvgIpc) is 3.08. The van der Waals surface area contributed by atoms with Crippen LogP contribution in [-0.2, 0) is 11.3 Å². The molecule has 2 fully saturated rings. The van der Waals surface area contributed by atoms with Crippen molar-refractivity contribution in [1.82, 2.24) is 5.32 Å². The Morgan fingerprint density at radius 1 is 1.25 bits per heavy atom. The molecule has 1 aromatic carbocycles. The van der Waals surface area contributed by atoms with Gasteiger partial charge in [-0.15, -0.1) is 0 Å². The molecule has 3 rings (SSSR count). The number of carbonyl (C=O) groups is 1. The number of rotatable bonds is 4. The molecule has 20 heavy (non-hydrogen) atoms. The molecule has 0 radical (unpaired) electrons. The summed E-state index contributed by atoms with van der Waals surface area (Å²) in [6.07, 6.45) is 4.93. The molecule has 0 aliphatic heterocycles. The van der Waals surface area contributed by atoms with Gasteiger partial charge in [0.15, 0.2) is 0 Å². The van der Waals surface area contributed by atoms with Gasteiger partial charge in [-0.2, -0.15) is 0 Å². The van der Waals surface area contributed by atoms with E-state index in [1.165, 1.54) is 19.3 Å². The minimum Gasteiger partial charge on any atom is -0.389 e. The van der Waals surface area contributed by atoms with Crippen LogP contribution in [0, 0.1) is 17.8 Å². The molecule has 4 heteroatoms. The van der Waals surface area contributed by atoms with E-state index in [4.69, 9.17) is 18.0 Å². The number of carbonyl (C=O) groups excluding carboxylic acids is 1. The summed E-state index contributed by atoms with van der Waals surface area (Å²) >= 11 is 4.92. The van der Waals surface area contributed by atoms with E-state index >= 15 is 0 Å². The monoisotopic (exact) mass is 288 g/mol. The zero-order valence-corrected chi connectivity index (χ0v) is 12.3. The van der Waals surface area contributed by atoms with Gasteiger partial charge in [0.1, 0.15) is 4.99 Å². The summed E-state index contributed by atoms with van der Waals surface area (Å²) in [7, 11) is 0. The van der Waals surface area contributed by atoms with E-state index in [-0.39, 0.29) is 11.8 Å². The van der Waals surface area contributed by atoms with Gasteiger partial charge in [-0.1, -0.05) is 42.9 Å². The summed E-state index contributed by atoms with van der Waals surface area (Å²) in [5.74, 6) is 1.93. The molecule has 2 aliphatic carbocycles. The van der Waals surface area contributed by atoms with Crippen LogP contribution in [0.3, 0.4) is 0 Å². The first kappa shape index (κ1) is 13.6. The summed E-state index contributed by atoms with van der Waals surface area (Å²) in [4.78, 5) is 12.6. The Morgan fingerprint density at radius 3 is 2.55 bits per heavy atom. The Kier molecular flexibility index (Phi) is 3.74. The van der Waals surface area contributed by atoms with Crippen molar-refractivity contribution < 1.29 is 4.79 Å². The van der Waals surface area contributed by atoms with Crippen molar-refractivity contribution in [2.75, 3.05) is 0 Å². The van der Waals surface area contributed by atoms with Gasteiger partial charge in [0.2, 0.25) is 5.91 Å². The van der Waals surface area contributed by atoms with E-state index in [2.05, 4.69) is 5.32 Å². The third-order valence-corrected chi connectivity index (χ3v) is 5.02. The number of amides is 1. The van der Waals surface area contributed by atoms with Gasteiger partial charge in [-0.3, -0.25) is 4.79 Å². The first-order chi connectivity index (χ1) is 9.63. The molecule has 0 spiro atoms. The second-order valence-corrected chi connectivity index (χ2v) is 6.50. The van der Waals surface area contributed by atoms with Crippen molar-refractivity contribution in [3.05, 3.63) is 35.4 Å². The molecule has 1 amide bonds. The highest BCUT2D eigenvalue weighted by Gasteiger charge is 2.42. The predicted octanol–water partition coefficient (Wildman–Crippen LogP) is 2.37. The fourth-order valence-corrected chi connectivity index (χ4v) is 3.81. The summed E-state index contributed by atoms with van der Waals surface area (Å²) < 4.78 is 0. The maximum absolute atomic E-state index is 12.2. The summed E-state index contributed by atoms with van der Waals surface area (Å²) in [5, 5.41) is 3.07. The van der Waals surface area contributed by atoms with Crippen LogP contribution in [-0.4, -0.2) is 10.9 Å². The second kappa shape index (κ2) is 5.52. The first-order valence-corrected chi connectivity index (χ1v) is 7.71. The molecule has 2 saturated carbocycles. The molecule has 2 bridgehead atoms. The Labute approximate surface area is 124 Å². The van der Waals surface area contributed by atoms with Gasteiger partial charge < -0.3 is 11.1 Å². The number of nitrogens with two attached hydrogens (primary N) is 1. The third kappa shape index (κ3) is 2.70. The number of hydrogen-bond acceptors (Lipinski definition) is 2. The molecular weight excluding hydrogens is 268 g/mol. The Hall–Kier alpha value is -1.42. The van der Waals surface area contributed by atoms with Crippen molar-refractivity contribution in [3.63, 3.8) is 0 Å². The van der Waals surface area contributed by atoms with Crippen LogP contribution in [0.2, 0.25) is 0 Å². The molecule has 2 aliphatic rings. The van der Waals surface area contributed by atoms with Crippen LogP contribution in [0.4, 0.5) is 0 Å². The molecular formula is C16H20N2OS. The number of nitrogens with one attached hydrogen (secondary N) is 1. The molecule has 1 aromatic rings. The van der Waals surface area contributed by atoms with Gasteiger partial charge in [-0.05, 0) is 36.7 Å². The molecule has 3 nitrogen and oxygen atoms in total. The fourth-order valence-electron chi connectivity index (χ4n) is 3.67. The number of hydrogen-bond donors (Lipinski definition) is 2. The zero-order chi connectivity index (χ0) is 14.1. The molecule has 0 heterocycles. The lowest BCUT2D eigenvalue weighted by molar-refractivity contribution is -0.126. The van der Waals surface area contributed by atoms with E-state index in [0.717, 1.165) is 23.5 Å². The quantitative estimate of drug-likeness (QED) is 0.836. The third-order valence-electron chi connectivity index (χ3n) is 4.78. The highest BCUT2D eigenvalue weighted by Crippen LogP contribution is 2.48. The topological polar surface area (TPSA) is 55.1 Å². The fraction of sp³-hybridized carbons (Fsp3) is 0.500. The number of thiocarbonyl (C=S) groups is 1. The summed E-state index contributed by atoms with van der Waals surface area (Å²) in [6, 6.07) is 7.74. The molecule has 0 aromatic heterocycles. The van der Waals surface area contributed by atoms with Crippen LogP contribution in [0.5, 0.6) is 0 Å².